The number of benzene rings is 1. The van der Waals surface area contributed by atoms with Crippen molar-refractivity contribution in [2.24, 2.45) is 0 Å². The van der Waals surface area contributed by atoms with Crippen LogP contribution in [0.15, 0.2) is 36.5 Å². The second-order valence-electron chi connectivity index (χ2n) is 9.57. The van der Waals surface area contributed by atoms with Crippen molar-refractivity contribution < 1.29 is 9.53 Å². The van der Waals surface area contributed by atoms with E-state index in [1.165, 1.54) is 4.88 Å². The van der Waals surface area contributed by atoms with Gasteiger partial charge in [0.2, 0.25) is 0 Å². The number of morpholine rings is 1. The average molecular weight is 506 g/mol. The molecular formula is C26H31N7O2S. The number of aromatic amines is 1. The molecule has 3 aromatic heterocycles. The van der Waals surface area contributed by atoms with Gasteiger partial charge in [-0.2, -0.15) is 0 Å². The summed E-state index contributed by atoms with van der Waals surface area (Å²) in [7, 11) is 3.63. The third kappa shape index (κ3) is 4.29. The molecule has 2 aliphatic heterocycles. The van der Waals surface area contributed by atoms with Gasteiger partial charge in [-0.05, 0) is 18.2 Å². The molecule has 6 rings (SSSR count). The lowest BCUT2D eigenvalue weighted by Crippen LogP contribution is -2.56. The number of fused-ring (bicyclic) bond motifs is 2. The molecule has 1 unspecified atom stereocenters. The van der Waals surface area contributed by atoms with Gasteiger partial charge >= 0.3 is 6.03 Å². The van der Waals surface area contributed by atoms with Crippen molar-refractivity contribution in [2.75, 3.05) is 64.9 Å². The molecule has 4 aromatic rings. The van der Waals surface area contributed by atoms with Crippen LogP contribution in [0.2, 0.25) is 0 Å². The van der Waals surface area contributed by atoms with Crippen LogP contribution in [-0.2, 0) is 11.2 Å². The number of H-pyrrole nitrogens is 1. The zero-order valence-corrected chi connectivity index (χ0v) is 21.5. The first-order valence-corrected chi connectivity index (χ1v) is 13.3. The molecule has 2 aliphatic rings. The van der Waals surface area contributed by atoms with E-state index in [-0.39, 0.29) is 12.1 Å². The number of hydrogen-bond donors (Lipinski definition) is 2. The second-order valence-corrected chi connectivity index (χ2v) is 10.7. The Morgan fingerprint density at radius 1 is 1.19 bits per heavy atom. The maximum absolute atomic E-state index is 12.8. The van der Waals surface area contributed by atoms with Crippen molar-refractivity contribution in [1.29, 1.82) is 0 Å². The minimum absolute atomic E-state index is 0.0679. The number of ether oxygens (including phenoxy) is 1. The molecule has 10 heteroatoms. The van der Waals surface area contributed by atoms with Gasteiger partial charge in [-0.15, -0.1) is 11.3 Å². The monoisotopic (exact) mass is 505 g/mol. The molecule has 0 bridgehead atoms. The molecule has 1 atom stereocenters. The molecule has 5 heterocycles. The summed E-state index contributed by atoms with van der Waals surface area (Å²) in [6, 6.07) is 10.7. The predicted octanol–water partition coefficient (Wildman–Crippen LogP) is 3.17. The standard InChI is InChI=1S/C26H31N7O2S/c1-31(2)26(34)33-9-8-27-16-17(33)14-18-15-22-23(36-18)25(32-10-12-35-13-11-32)30-24(29-22)20-4-3-5-21-19(20)6-7-28-21/h3-7,15,17,27-28H,8-14,16H2,1-2H3. The molecule has 0 saturated carbocycles. The summed E-state index contributed by atoms with van der Waals surface area (Å²) in [5.41, 5.74) is 3.06. The highest BCUT2D eigenvalue weighted by atomic mass is 32.1. The maximum Gasteiger partial charge on any atom is 0.319 e. The van der Waals surface area contributed by atoms with Gasteiger partial charge in [0.15, 0.2) is 11.6 Å². The number of amides is 2. The van der Waals surface area contributed by atoms with Crippen molar-refractivity contribution in [3.63, 3.8) is 0 Å². The summed E-state index contributed by atoms with van der Waals surface area (Å²) in [5, 5.41) is 4.58. The lowest BCUT2D eigenvalue weighted by atomic mass is 10.1. The van der Waals surface area contributed by atoms with E-state index in [2.05, 4.69) is 39.5 Å². The van der Waals surface area contributed by atoms with Crippen LogP contribution in [0.1, 0.15) is 4.88 Å². The summed E-state index contributed by atoms with van der Waals surface area (Å²) in [6.07, 6.45) is 2.75. The first-order chi connectivity index (χ1) is 17.6. The number of hydrogen-bond acceptors (Lipinski definition) is 7. The number of urea groups is 1. The van der Waals surface area contributed by atoms with Crippen molar-refractivity contribution in [3.8, 4) is 11.4 Å². The fourth-order valence-electron chi connectivity index (χ4n) is 5.14. The SMILES string of the molecule is CN(C)C(=O)N1CCNCC1Cc1cc2nc(-c3cccc4[nH]ccc34)nc(N3CCOCC3)c2s1. The Kier molecular flexibility index (Phi) is 6.24. The van der Waals surface area contributed by atoms with Gasteiger partial charge in [0.1, 0.15) is 0 Å². The Morgan fingerprint density at radius 3 is 2.89 bits per heavy atom. The van der Waals surface area contributed by atoms with Crippen LogP contribution >= 0.6 is 11.3 Å². The number of nitrogens with zero attached hydrogens (tertiary/aromatic N) is 5. The Morgan fingerprint density at radius 2 is 2.06 bits per heavy atom. The number of carbonyl (C=O) groups excluding carboxylic acids is 1. The van der Waals surface area contributed by atoms with E-state index in [0.717, 1.165) is 77.5 Å². The highest BCUT2D eigenvalue weighted by molar-refractivity contribution is 7.19. The van der Waals surface area contributed by atoms with Crippen molar-refractivity contribution in [2.45, 2.75) is 12.5 Å². The number of nitrogens with one attached hydrogen (secondary N) is 2. The number of thiophene rings is 1. The lowest BCUT2D eigenvalue weighted by molar-refractivity contribution is 0.122. The molecule has 188 valence electrons. The Hall–Kier alpha value is -3.21. The number of piperazine rings is 1. The van der Waals surface area contributed by atoms with Crippen molar-refractivity contribution >= 4 is 44.3 Å². The number of rotatable bonds is 4. The number of aromatic nitrogens is 3. The minimum Gasteiger partial charge on any atom is -0.378 e. The van der Waals surface area contributed by atoms with Crippen LogP contribution in [0.25, 0.3) is 32.5 Å². The van der Waals surface area contributed by atoms with Crippen LogP contribution in [0, 0.1) is 0 Å². The van der Waals surface area contributed by atoms with E-state index >= 15 is 0 Å². The van der Waals surface area contributed by atoms with Crippen LogP contribution in [0.4, 0.5) is 10.6 Å². The predicted molar refractivity (Wildman–Crippen MR) is 144 cm³/mol. The van der Waals surface area contributed by atoms with E-state index < -0.39 is 0 Å². The molecule has 2 fully saturated rings. The van der Waals surface area contributed by atoms with Crippen molar-refractivity contribution in [1.82, 2.24) is 30.1 Å². The molecule has 9 nitrogen and oxygen atoms in total. The Balaban J connectivity index is 1.41. The summed E-state index contributed by atoms with van der Waals surface area (Å²) in [5.74, 6) is 1.72. The molecule has 2 N–H and O–H groups in total. The fourth-order valence-corrected chi connectivity index (χ4v) is 6.32. The van der Waals surface area contributed by atoms with Gasteiger partial charge < -0.3 is 29.7 Å². The second kappa shape index (κ2) is 9.68. The van der Waals surface area contributed by atoms with Crippen LogP contribution < -0.4 is 10.2 Å². The summed E-state index contributed by atoms with van der Waals surface area (Å²) in [6.45, 7) is 5.34. The van der Waals surface area contributed by atoms with Crippen LogP contribution in [0.3, 0.4) is 0 Å². The first kappa shape index (κ1) is 23.2. The summed E-state index contributed by atoms with van der Waals surface area (Å²) < 4.78 is 6.72. The molecule has 0 aliphatic carbocycles. The minimum atomic E-state index is 0.0679. The Bertz CT molecular complexity index is 1390. The van der Waals surface area contributed by atoms with Gasteiger partial charge in [-0.3, -0.25) is 0 Å². The molecule has 0 radical (unpaired) electrons. The van der Waals surface area contributed by atoms with E-state index in [1.54, 1.807) is 16.2 Å². The van der Waals surface area contributed by atoms with E-state index in [1.807, 2.05) is 31.3 Å². The van der Waals surface area contributed by atoms with Gasteiger partial charge in [-0.25, -0.2) is 14.8 Å². The smallest absolute Gasteiger partial charge is 0.319 e. The Labute approximate surface area is 214 Å². The fraction of sp³-hybridized carbons (Fsp3) is 0.423. The highest BCUT2D eigenvalue weighted by Gasteiger charge is 2.29. The van der Waals surface area contributed by atoms with E-state index in [4.69, 9.17) is 14.7 Å². The highest BCUT2D eigenvalue weighted by Crippen LogP contribution is 2.36. The first-order valence-electron chi connectivity index (χ1n) is 12.5. The quantitative estimate of drug-likeness (QED) is 0.443. The topological polar surface area (TPSA) is 89.6 Å². The van der Waals surface area contributed by atoms with Gasteiger partial charge in [-0.1, -0.05) is 12.1 Å². The van der Waals surface area contributed by atoms with Gasteiger partial charge in [0.25, 0.3) is 0 Å². The normalized spacial score (nSPS) is 18.8. The molecule has 2 saturated heterocycles. The lowest BCUT2D eigenvalue weighted by Gasteiger charge is -2.37. The maximum atomic E-state index is 12.8. The van der Waals surface area contributed by atoms with Gasteiger partial charge in [0, 0.05) is 80.8 Å². The third-order valence-electron chi connectivity index (χ3n) is 6.97. The third-order valence-corrected chi connectivity index (χ3v) is 8.11. The molecule has 1 aromatic carbocycles. The largest absolute Gasteiger partial charge is 0.378 e. The molecule has 0 spiro atoms. The zero-order chi connectivity index (χ0) is 24.6. The zero-order valence-electron chi connectivity index (χ0n) is 20.7. The average Bonchev–Trinajstić information content (AvgIpc) is 3.55. The number of carbonyl (C=O) groups is 1. The summed E-state index contributed by atoms with van der Waals surface area (Å²) in [4.78, 5) is 33.5. The van der Waals surface area contributed by atoms with Gasteiger partial charge in [0.05, 0.1) is 29.5 Å². The molecule has 2 amide bonds. The molecule has 36 heavy (non-hydrogen) atoms. The van der Waals surface area contributed by atoms with E-state index in [9.17, 15) is 4.79 Å². The molecular weight excluding hydrogens is 474 g/mol. The number of anilines is 1. The summed E-state index contributed by atoms with van der Waals surface area (Å²) >= 11 is 1.75. The van der Waals surface area contributed by atoms with Crippen LogP contribution in [0.5, 0.6) is 0 Å². The van der Waals surface area contributed by atoms with E-state index in [0.29, 0.717) is 13.2 Å². The van der Waals surface area contributed by atoms with Crippen molar-refractivity contribution in [3.05, 3.63) is 41.4 Å². The van der Waals surface area contributed by atoms with Crippen LogP contribution in [-0.4, -0.2) is 96.9 Å².